The fourth-order valence-corrected chi connectivity index (χ4v) is 15.6. The van der Waals surface area contributed by atoms with E-state index in [2.05, 4.69) is 20.6 Å². The summed E-state index contributed by atoms with van der Waals surface area (Å²) in [5.74, 6) is -3.14. The van der Waals surface area contributed by atoms with Gasteiger partial charge in [0.1, 0.15) is 48.1 Å². The first-order valence-corrected chi connectivity index (χ1v) is 36.9. The molecule has 4 aliphatic heterocycles. The molecule has 4 saturated heterocycles. The van der Waals surface area contributed by atoms with Gasteiger partial charge in [-0.05, 0) is 159 Å². The standard InChI is InChI=1S/C39H50FN5O7.C30H35FN4O4.C6H12O2.C4H10N2O/c1-23(43(5)37(49)52-39(2,3)4)35(47)42-32(25-14-10-7-11-15-25)36(48)44-21-31(46)34-33(44)29(28-19-41-30-18-26(40)16-17-27(28)30)20-45(34)38(50)51-22-24-12-8-6-9-13-24;31-20-11-12-21-22(14-33-24(21)13-20)23-15-35(30(38)39-17-18-7-3-1-4-8-18)28-25(36)16-34(27(23)28)29(37)26(32)19-9-5-2-6-10-19;1-5(7)8-6(2,3)4;1-3(6-2)4(5)7/h6,8-9,12-13,16-19,23,25,29,31-34,41,46H,7,10-11,14-15,20-22H2,1-5H3,(H,42,47);1,3-4,7-8,11-14,19,23,25-28,33,36H,2,5-6,9-10,15-17,32H2;1-4H3;3,6H,1-2H3,(H2,5,7)/t23-,29+,31+,32-,33+,34+;23-,25-,26+,27-,28-;;/m01../s1. The summed E-state index contributed by atoms with van der Waals surface area (Å²) in [5, 5.41) is 30.1. The summed E-state index contributed by atoms with van der Waals surface area (Å²) in [6.07, 6.45) is 9.19. The van der Waals surface area contributed by atoms with Crippen LogP contribution in [0.5, 0.6) is 0 Å². The number of nitrogens with two attached hydrogens (primary N) is 2. The van der Waals surface area contributed by atoms with Gasteiger partial charge in [-0.25, -0.2) is 23.2 Å². The summed E-state index contributed by atoms with van der Waals surface area (Å²) in [6, 6.07) is 22.4. The molecule has 12 atom stereocenters. The maximum atomic E-state index is 14.9. The zero-order valence-corrected chi connectivity index (χ0v) is 62.7. The summed E-state index contributed by atoms with van der Waals surface area (Å²) in [5.41, 5.74) is 14.8. The van der Waals surface area contributed by atoms with Crippen molar-refractivity contribution in [3.63, 3.8) is 0 Å². The van der Waals surface area contributed by atoms with Crippen LogP contribution in [0.1, 0.15) is 161 Å². The molecule has 576 valence electrons. The number of ether oxygens (including phenoxy) is 4. The molecular weight excluding hydrogens is 1360 g/mol. The lowest BCUT2D eigenvalue weighted by atomic mass is 9.82. The Morgan fingerprint density at radius 3 is 1.41 bits per heavy atom. The van der Waals surface area contributed by atoms with Gasteiger partial charge in [0.15, 0.2) is 0 Å². The van der Waals surface area contributed by atoms with Crippen molar-refractivity contribution in [1.82, 2.24) is 45.1 Å². The van der Waals surface area contributed by atoms with Crippen LogP contribution in [0, 0.1) is 23.5 Å². The minimum atomic E-state index is -1.09. The second-order valence-corrected chi connectivity index (χ2v) is 30.7. The third kappa shape index (κ3) is 19.9. The highest BCUT2D eigenvalue weighted by molar-refractivity contribution is 5.93. The number of carbonyl (C=O) groups is 8. The molecule has 12 rings (SSSR count). The molecule has 106 heavy (non-hydrogen) atoms. The van der Waals surface area contributed by atoms with Gasteiger partial charge < -0.3 is 71.0 Å². The Labute approximate surface area is 618 Å². The van der Waals surface area contributed by atoms with E-state index in [-0.39, 0.29) is 98.3 Å². The molecule has 0 radical (unpaired) electrons. The number of aromatic nitrogens is 2. The predicted molar refractivity (Wildman–Crippen MR) is 395 cm³/mol. The van der Waals surface area contributed by atoms with Crippen LogP contribution in [-0.4, -0.2) is 205 Å². The third-order valence-electron chi connectivity index (χ3n) is 21.0. The molecule has 6 heterocycles. The Morgan fingerprint density at radius 1 is 0.594 bits per heavy atom. The lowest BCUT2D eigenvalue weighted by molar-refractivity contribution is -0.152. The van der Waals surface area contributed by atoms with Gasteiger partial charge in [-0.15, -0.1) is 0 Å². The highest BCUT2D eigenvalue weighted by atomic mass is 19.1. The number of aliphatic hydroxyl groups is 2. The number of nitrogens with one attached hydrogen (secondary N) is 4. The number of primary amides is 1. The summed E-state index contributed by atoms with van der Waals surface area (Å²) in [7, 11) is 3.17. The minimum Gasteiger partial charge on any atom is -0.460 e. The van der Waals surface area contributed by atoms with Crippen LogP contribution >= 0.6 is 0 Å². The van der Waals surface area contributed by atoms with Gasteiger partial charge in [0.25, 0.3) is 0 Å². The van der Waals surface area contributed by atoms with Crippen molar-refractivity contribution in [2.24, 2.45) is 23.3 Å². The number of fused-ring (bicyclic) bond motifs is 4. The van der Waals surface area contributed by atoms with E-state index in [1.54, 1.807) is 74.7 Å². The van der Waals surface area contributed by atoms with Gasteiger partial charge in [-0.3, -0.25) is 38.7 Å². The smallest absolute Gasteiger partial charge is 0.410 e. The molecule has 2 aromatic heterocycles. The molecule has 4 aromatic carbocycles. The fraction of sp³-hybridized carbons (Fsp3) is 0.544. The number of benzene rings is 4. The van der Waals surface area contributed by atoms with Crippen molar-refractivity contribution in [2.45, 2.75) is 223 Å². The average molecular weight is 1470 g/mol. The number of rotatable bonds is 15. The number of halogens is 2. The molecule has 7 amide bonds. The first-order valence-electron chi connectivity index (χ1n) is 36.9. The van der Waals surface area contributed by atoms with E-state index in [1.807, 2.05) is 87.6 Å². The average Bonchev–Trinajstić information content (AvgIpc) is 1.58. The van der Waals surface area contributed by atoms with E-state index in [0.717, 1.165) is 97.2 Å². The molecule has 1 unspecified atom stereocenters. The quantitative estimate of drug-likeness (QED) is 0.0350. The lowest BCUT2D eigenvalue weighted by Crippen LogP contribution is -2.58. The monoisotopic (exact) mass is 1470 g/mol. The number of esters is 1. The molecule has 25 nitrogen and oxygen atoms in total. The van der Waals surface area contributed by atoms with Gasteiger partial charge in [0.05, 0.1) is 48.5 Å². The molecule has 2 aliphatic carbocycles. The maximum absolute atomic E-state index is 14.9. The molecule has 6 aromatic rings. The Hall–Kier alpha value is -9.18. The number of H-pyrrole nitrogens is 2. The zero-order valence-electron chi connectivity index (χ0n) is 62.7. The lowest BCUT2D eigenvalue weighted by Gasteiger charge is -2.37. The number of hydrogen-bond acceptors (Lipinski definition) is 16. The largest absolute Gasteiger partial charge is 0.460 e. The number of aliphatic hydroxyl groups excluding tert-OH is 2. The summed E-state index contributed by atoms with van der Waals surface area (Å²) in [4.78, 5) is 117. The van der Waals surface area contributed by atoms with Gasteiger partial charge >= 0.3 is 24.2 Å². The third-order valence-corrected chi connectivity index (χ3v) is 21.0. The maximum Gasteiger partial charge on any atom is 0.410 e. The minimum absolute atomic E-state index is 0.0367. The molecular formula is C79H107F2N11O14. The van der Waals surface area contributed by atoms with Gasteiger partial charge in [0, 0.05) is 86.2 Å². The SMILES string of the molecule is CC(=O)OC(C)(C)C.CNC(C)C(N)=O.C[C@@H](C(=O)N[C@H](C(=O)N1C[C@@H](O)[C@@H]2[C@H]1[C@@H](c1c[nH]c3cc(F)ccc13)CN2C(=O)OCc1ccccc1)C1CCCCC1)N(C)C(=O)OC(C)(C)C.N[C@H](C(=O)N1C[C@@H](O)[C@@H]2[C@H]1[C@@H](c1c[nH]c3cc(F)ccc13)CN2C(=O)OCc1ccccc1)C1CCCCC1. The van der Waals surface area contributed by atoms with Crippen LogP contribution in [0.3, 0.4) is 0 Å². The van der Waals surface area contributed by atoms with Crippen molar-refractivity contribution in [3.05, 3.63) is 143 Å². The number of carbonyl (C=O) groups excluding carboxylic acids is 8. The Balaban J connectivity index is 0.000000210. The molecule has 6 aliphatic rings. The van der Waals surface area contributed by atoms with E-state index >= 15 is 0 Å². The van der Waals surface area contributed by atoms with E-state index in [0.29, 0.717) is 11.0 Å². The summed E-state index contributed by atoms with van der Waals surface area (Å²) >= 11 is 0. The van der Waals surface area contributed by atoms with E-state index in [9.17, 15) is 57.4 Å². The number of nitrogens with zero attached hydrogens (tertiary/aromatic N) is 5. The van der Waals surface area contributed by atoms with Crippen LogP contribution in [0.4, 0.5) is 23.2 Å². The number of β-amino-alcohol motifs (C(OH)–C–C–N with tert-alkyl or cyclic N) is 2. The topological polar surface area (TPSA) is 338 Å². The second-order valence-electron chi connectivity index (χ2n) is 30.7. The van der Waals surface area contributed by atoms with Crippen molar-refractivity contribution in [1.29, 1.82) is 0 Å². The van der Waals surface area contributed by atoms with Crippen molar-refractivity contribution >= 4 is 69.7 Å². The van der Waals surface area contributed by atoms with Crippen LogP contribution in [0.25, 0.3) is 21.8 Å². The van der Waals surface area contributed by atoms with Gasteiger partial charge in [-0.1, -0.05) is 99.2 Å². The fourth-order valence-electron chi connectivity index (χ4n) is 15.6. The molecule has 27 heteroatoms. The number of amides is 7. The first kappa shape index (κ1) is 80.9. The Morgan fingerprint density at radius 2 is 1.02 bits per heavy atom. The number of hydrogen-bond donors (Lipinski definition) is 8. The number of likely N-dealkylation sites (N-methyl/N-ethyl adjacent to an activating group) is 2. The molecule has 0 spiro atoms. The first-order chi connectivity index (χ1) is 50.2. The second kappa shape index (κ2) is 35.5. The Kier molecular flexibility index (Phi) is 27.1. The Bertz CT molecular complexity index is 4000. The predicted octanol–water partition coefficient (Wildman–Crippen LogP) is 9.62. The van der Waals surface area contributed by atoms with Crippen LogP contribution in [0.15, 0.2) is 109 Å². The highest BCUT2D eigenvalue weighted by Gasteiger charge is 2.60. The van der Waals surface area contributed by atoms with E-state index in [4.69, 9.17) is 30.4 Å². The zero-order chi connectivity index (χ0) is 77.1. The van der Waals surface area contributed by atoms with Gasteiger partial charge in [0.2, 0.25) is 23.6 Å². The molecule has 10 N–H and O–H groups in total. The summed E-state index contributed by atoms with van der Waals surface area (Å²) < 4.78 is 49.8. The normalized spacial score (nSPS) is 22.7. The van der Waals surface area contributed by atoms with E-state index in [1.165, 1.54) is 48.0 Å². The molecule has 6 fully saturated rings. The summed E-state index contributed by atoms with van der Waals surface area (Å²) in [6.45, 7) is 16.1. The van der Waals surface area contributed by atoms with Crippen molar-refractivity contribution < 1.29 is 76.3 Å². The van der Waals surface area contributed by atoms with Gasteiger partial charge in [-0.2, -0.15) is 0 Å². The van der Waals surface area contributed by atoms with Crippen LogP contribution < -0.4 is 22.1 Å². The number of aromatic amines is 2. The van der Waals surface area contributed by atoms with Crippen molar-refractivity contribution in [3.8, 4) is 0 Å². The molecule has 0 bridgehead atoms. The van der Waals surface area contributed by atoms with Crippen LogP contribution in [0.2, 0.25) is 0 Å². The highest BCUT2D eigenvalue weighted by Crippen LogP contribution is 2.47. The molecule has 2 saturated carbocycles. The van der Waals surface area contributed by atoms with E-state index < -0.39 is 96.0 Å². The number of likely N-dealkylation sites (tertiary alicyclic amines) is 4. The van der Waals surface area contributed by atoms with Crippen LogP contribution in [-0.2, 0) is 56.1 Å². The van der Waals surface area contributed by atoms with Crippen molar-refractivity contribution in [2.75, 3.05) is 40.3 Å².